The van der Waals surface area contributed by atoms with Crippen LogP contribution < -0.4 is 0 Å². The van der Waals surface area contributed by atoms with E-state index in [1.54, 1.807) is 0 Å². The fourth-order valence-corrected chi connectivity index (χ4v) is 3.42. The fourth-order valence-electron chi connectivity index (χ4n) is 3.42. The molecule has 4 nitrogen and oxygen atoms in total. The number of ether oxygens (including phenoxy) is 3. The molecule has 3 aromatic rings. The van der Waals surface area contributed by atoms with Crippen molar-refractivity contribution < 1.29 is 19.0 Å². The average molecular weight is 374 g/mol. The van der Waals surface area contributed by atoms with Crippen molar-refractivity contribution in [3.8, 4) is 22.3 Å². The van der Waals surface area contributed by atoms with Crippen LogP contribution >= 0.6 is 0 Å². The molecule has 0 spiro atoms. The second-order valence-electron chi connectivity index (χ2n) is 6.61. The van der Waals surface area contributed by atoms with Gasteiger partial charge in [0.2, 0.25) is 0 Å². The van der Waals surface area contributed by atoms with E-state index in [2.05, 4.69) is 0 Å². The summed E-state index contributed by atoms with van der Waals surface area (Å²) in [6.45, 7) is 4.00. The minimum Gasteiger partial charge on any atom is -0.462 e. The Morgan fingerprint density at radius 2 is 1.46 bits per heavy atom. The van der Waals surface area contributed by atoms with Crippen LogP contribution in [-0.2, 0) is 14.2 Å². The summed E-state index contributed by atoms with van der Waals surface area (Å²) in [6.07, 6.45) is -0.692. The normalized spacial score (nSPS) is 18.4. The summed E-state index contributed by atoms with van der Waals surface area (Å²) in [7, 11) is 0. The molecule has 28 heavy (non-hydrogen) atoms. The molecule has 1 aliphatic heterocycles. The van der Waals surface area contributed by atoms with Crippen LogP contribution in [0.1, 0.15) is 36.1 Å². The van der Waals surface area contributed by atoms with Gasteiger partial charge >= 0.3 is 5.97 Å². The van der Waals surface area contributed by atoms with E-state index in [-0.39, 0.29) is 12.3 Å². The molecule has 0 radical (unpaired) electrons. The molecule has 0 unspecified atom stereocenters. The molecule has 142 valence electrons. The molecule has 0 bridgehead atoms. The van der Waals surface area contributed by atoms with E-state index < -0.39 is 6.29 Å². The Labute approximate surface area is 164 Å². The summed E-state index contributed by atoms with van der Waals surface area (Å²) >= 11 is 0. The van der Waals surface area contributed by atoms with Gasteiger partial charge in [-0.1, -0.05) is 60.7 Å². The van der Waals surface area contributed by atoms with Crippen LogP contribution in [0, 0.1) is 0 Å². The number of carbonyl (C=O) groups is 1. The maximum Gasteiger partial charge on any atom is 0.338 e. The van der Waals surface area contributed by atoms with E-state index in [1.165, 1.54) is 0 Å². The van der Waals surface area contributed by atoms with Crippen molar-refractivity contribution in [3.05, 3.63) is 83.9 Å². The van der Waals surface area contributed by atoms with Gasteiger partial charge in [0.1, 0.15) is 0 Å². The monoisotopic (exact) mass is 374 g/mol. The predicted molar refractivity (Wildman–Crippen MR) is 108 cm³/mol. The van der Waals surface area contributed by atoms with E-state index in [1.807, 2.05) is 86.6 Å². The number of esters is 1. The van der Waals surface area contributed by atoms with Gasteiger partial charge in [-0.15, -0.1) is 0 Å². The molecule has 1 heterocycles. The highest BCUT2D eigenvalue weighted by Crippen LogP contribution is 2.41. The number of benzene rings is 3. The summed E-state index contributed by atoms with van der Waals surface area (Å²) in [5.74, 6) is -0.339. The molecule has 0 atom stereocenters. The third-order valence-electron chi connectivity index (χ3n) is 4.74. The molecule has 0 amide bonds. The summed E-state index contributed by atoms with van der Waals surface area (Å²) in [6, 6.07) is 23.6. The zero-order chi connectivity index (χ0) is 19.5. The molecule has 0 saturated carbocycles. The van der Waals surface area contributed by atoms with Crippen LogP contribution in [0.4, 0.5) is 0 Å². The quantitative estimate of drug-likeness (QED) is 0.546. The maximum atomic E-state index is 12.8. The molecule has 1 saturated heterocycles. The van der Waals surface area contributed by atoms with Crippen LogP contribution in [0.3, 0.4) is 0 Å². The molecule has 1 fully saturated rings. The van der Waals surface area contributed by atoms with Crippen molar-refractivity contribution in [2.75, 3.05) is 6.61 Å². The number of hydrogen-bond acceptors (Lipinski definition) is 4. The van der Waals surface area contributed by atoms with E-state index in [9.17, 15) is 4.79 Å². The predicted octanol–water partition coefficient (Wildman–Crippen LogP) is 5.59. The first-order chi connectivity index (χ1) is 13.7. The van der Waals surface area contributed by atoms with Gasteiger partial charge in [-0.3, -0.25) is 0 Å². The minimum atomic E-state index is -0.455. The lowest BCUT2D eigenvalue weighted by Crippen LogP contribution is -2.32. The highest BCUT2D eigenvalue weighted by molar-refractivity contribution is 5.99. The van der Waals surface area contributed by atoms with Gasteiger partial charge in [0.25, 0.3) is 0 Å². The van der Waals surface area contributed by atoms with Crippen LogP contribution in [0.5, 0.6) is 0 Å². The van der Waals surface area contributed by atoms with Crippen LogP contribution in [0.2, 0.25) is 0 Å². The molecule has 1 aliphatic rings. The third kappa shape index (κ3) is 3.57. The third-order valence-corrected chi connectivity index (χ3v) is 4.74. The van der Waals surface area contributed by atoms with E-state index in [0.29, 0.717) is 12.2 Å². The first-order valence-electron chi connectivity index (χ1n) is 9.44. The number of carbonyl (C=O) groups excluding carboxylic acids is 1. The summed E-state index contributed by atoms with van der Waals surface area (Å²) < 4.78 is 16.9. The molecule has 4 rings (SSSR count). The van der Waals surface area contributed by atoms with Crippen LogP contribution in [-0.4, -0.2) is 18.9 Å². The van der Waals surface area contributed by atoms with Gasteiger partial charge in [-0.2, -0.15) is 0 Å². The summed E-state index contributed by atoms with van der Waals surface area (Å²) in [5.41, 5.74) is 5.08. The number of hydrogen-bond donors (Lipinski definition) is 0. The molecular formula is C24H22O4. The molecule has 0 N–H and O–H groups in total. The molecular weight excluding hydrogens is 352 g/mol. The maximum absolute atomic E-state index is 12.8. The van der Waals surface area contributed by atoms with Gasteiger partial charge in [-0.05, 0) is 48.2 Å². The zero-order valence-electron chi connectivity index (χ0n) is 15.9. The Hall–Kier alpha value is -2.95. The fraction of sp³-hybridized carbons (Fsp3) is 0.208. The van der Waals surface area contributed by atoms with Crippen molar-refractivity contribution in [1.82, 2.24) is 0 Å². The van der Waals surface area contributed by atoms with Crippen molar-refractivity contribution >= 4 is 5.97 Å². The average Bonchev–Trinajstić information content (AvgIpc) is 2.72. The topological polar surface area (TPSA) is 44.8 Å². The van der Waals surface area contributed by atoms with Gasteiger partial charge in [-0.25, -0.2) is 4.79 Å². The molecule has 0 aromatic heterocycles. The molecule has 4 heteroatoms. The Kier molecular flexibility index (Phi) is 5.24. The Morgan fingerprint density at radius 3 is 2.00 bits per heavy atom. The minimum absolute atomic E-state index is 0.237. The Bertz CT molecular complexity index is 961. The summed E-state index contributed by atoms with van der Waals surface area (Å²) in [5, 5.41) is 0. The first-order valence-corrected chi connectivity index (χ1v) is 9.44. The van der Waals surface area contributed by atoms with Gasteiger partial charge in [0.15, 0.2) is 12.6 Å². The number of rotatable bonds is 5. The van der Waals surface area contributed by atoms with Crippen molar-refractivity contribution in [2.45, 2.75) is 26.4 Å². The standard InChI is InChI=1S/C24H22O4/c1-3-26-23(25)21-14-20(18-12-8-5-9-13-18)22(24-27-16(2)28-24)15-19(21)17-10-6-4-7-11-17/h4-16,24H,3H2,1-2H3. The highest BCUT2D eigenvalue weighted by atomic mass is 16.9. The Balaban J connectivity index is 1.92. The van der Waals surface area contributed by atoms with Gasteiger partial charge in [0.05, 0.1) is 12.2 Å². The van der Waals surface area contributed by atoms with Crippen LogP contribution in [0.15, 0.2) is 72.8 Å². The van der Waals surface area contributed by atoms with Crippen LogP contribution in [0.25, 0.3) is 22.3 Å². The van der Waals surface area contributed by atoms with Crippen molar-refractivity contribution in [1.29, 1.82) is 0 Å². The van der Waals surface area contributed by atoms with E-state index >= 15 is 0 Å². The molecule has 3 aromatic carbocycles. The SMILES string of the molecule is CCOC(=O)c1cc(-c2ccccc2)c(C2OC(C)O2)cc1-c1ccccc1. The van der Waals surface area contributed by atoms with Gasteiger partial charge in [0, 0.05) is 5.56 Å². The van der Waals surface area contributed by atoms with Crippen molar-refractivity contribution in [2.24, 2.45) is 0 Å². The highest BCUT2D eigenvalue weighted by Gasteiger charge is 2.32. The largest absolute Gasteiger partial charge is 0.462 e. The molecule has 0 aliphatic carbocycles. The first kappa shape index (κ1) is 18.4. The smallest absolute Gasteiger partial charge is 0.338 e. The lowest BCUT2D eigenvalue weighted by Gasteiger charge is -2.35. The lowest BCUT2D eigenvalue weighted by atomic mass is 9.90. The van der Waals surface area contributed by atoms with E-state index in [4.69, 9.17) is 14.2 Å². The van der Waals surface area contributed by atoms with Crippen molar-refractivity contribution in [3.63, 3.8) is 0 Å². The summed E-state index contributed by atoms with van der Waals surface area (Å²) in [4.78, 5) is 12.8. The second-order valence-corrected chi connectivity index (χ2v) is 6.61. The van der Waals surface area contributed by atoms with Gasteiger partial charge < -0.3 is 14.2 Å². The zero-order valence-corrected chi connectivity index (χ0v) is 15.9. The lowest BCUT2D eigenvalue weighted by molar-refractivity contribution is -0.382. The second kappa shape index (κ2) is 7.97. The Morgan fingerprint density at radius 1 is 0.893 bits per heavy atom. The van der Waals surface area contributed by atoms with E-state index in [0.717, 1.165) is 27.8 Å².